The first-order chi connectivity index (χ1) is 8.90. The lowest BCUT2D eigenvalue weighted by atomic mass is 10.1. The molecule has 1 fully saturated rings. The van der Waals surface area contributed by atoms with E-state index in [1.54, 1.807) is 4.90 Å². The van der Waals surface area contributed by atoms with Crippen LogP contribution in [0.2, 0.25) is 0 Å². The maximum atomic E-state index is 13.3. The van der Waals surface area contributed by atoms with Crippen LogP contribution in [-0.4, -0.2) is 48.9 Å². The van der Waals surface area contributed by atoms with Crippen molar-refractivity contribution in [1.29, 1.82) is 0 Å². The molecule has 1 heterocycles. The minimum atomic E-state index is -0.518. The molecule has 1 aromatic rings. The molecule has 0 aliphatic carbocycles. The highest BCUT2D eigenvalue weighted by molar-refractivity contribution is 9.10. The molecule has 1 aliphatic rings. The fraction of sp³-hybridized carbons (Fsp3) is 0.462. The summed E-state index contributed by atoms with van der Waals surface area (Å²) in [5, 5.41) is 0. The van der Waals surface area contributed by atoms with Gasteiger partial charge in [0.25, 0.3) is 5.91 Å². The van der Waals surface area contributed by atoms with Gasteiger partial charge in [0.15, 0.2) is 0 Å². The zero-order valence-corrected chi connectivity index (χ0v) is 12.6. The second-order valence-electron chi connectivity index (χ2n) is 5.01. The first kappa shape index (κ1) is 14.3. The smallest absolute Gasteiger partial charge is 0.255 e. The minimum Gasteiger partial charge on any atom is -0.396 e. The van der Waals surface area contributed by atoms with Gasteiger partial charge in [-0.2, -0.15) is 0 Å². The van der Waals surface area contributed by atoms with Gasteiger partial charge in [-0.25, -0.2) is 4.39 Å². The fourth-order valence-corrected chi connectivity index (χ4v) is 2.73. The largest absolute Gasteiger partial charge is 0.396 e. The monoisotopic (exact) mass is 329 g/mol. The van der Waals surface area contributed by atoms with Crippen LogP contribution in [0.15, 0.2) is 16.6 Å². The lowest BCUT2D eigenvalue weighted by molar-refractivity contribution is 0.0782. The molecule has 6 heteroatoms. The molecule has 1 amide bonds. The lowest BCUT2D eigenvalue weighted by Gasteiger charge is -2.21. The summed E-state index contributed by atoms with van der Waals surface area (Å²) in [5.41, 5.74) is 5.94. The number of carbonyl (C=O) groups excluding carboxylic acids is 1. The van der Waals surface area contributed by atoms with Crippen molar-refractivity contribution in [2.75, 3.05) is 32.9 Å². The molecule has 0 aromatic heterocycles. The Morgan fingerprint density at radius 1 is 1.53 bits per heavy atom. The van der Waals surface area contributed by atoms with E-state index in [0.717, 1.165) is 6.42 Å². The standard InChI is InChI=1S/C13H17BrFN3O/c1-17(2)8-3-4-18(7-8)13(19)9-5-12(16)11(15)6-10(9)14/h5-6,8H,3-4,7,16H2,1-2H3. The number of carbonyl (C=O) groups is 1. The molecular weight excluding hydrogens is 313 g/mol. The van der Waals surface area contributed by atoms with Crippen LogP contribution < -0.4 is 5.73 Å². The van der Waals surface area contributed by atoms with Crippen molar-refractivity contribution in [2.45, 2.75) is 12.5 Å². The Morgan fingerprint density at radius 3 is 2.79 bits per heavy atom. The maximum Gasteiger partial charge on any atom is 0.255 e. The third-order valence-corrected chi connectivity index (χ3v) is 4.15. The quantitative estimate of drug-likeness (QED) is 0.844. The molecule has 1 aromatic carbocycles. The molecule has 0 spiro atoms. The predicted octanol–water partition coefficient (Wildman–Crippen LogP) is 1.95. The summed E-state index contributed by atoms with van der Waals surface area (Å²) >= 11 is 3.22. The van der Waals surface area contributed by atoms with Crippen LogP contribution in [0.1, 0.15) is 16.8 Å². The number of nitrogens with two attached hydrogens (primary N) is 1. The van der Waals surface area contributed by atoms with Gasteiger partial charge in [0, 0.05) is 23.6 Å². The normalized spacial score (nSPS) is 19.2. The van der Waals surface area contributed by atoms with E-state index in [1.165, 1.54) is 12.1 Å². The molecule has 4 nitrogen and oxygen atoms in total. The Bertz CT molecular complexity index is 507. The Labute approximate surface area is 120 Å². The topological polar surface area (TPSA) is 49.6 Å². The van der Waals surface area contributed by atoms with E-state index in [0.29, 0.717) is 29.2 Å². The number of halogens is 2. The highest BCUT2D eigenvalue weighted by atomic mass is 79.9. The van der Waals surface area contributed by atoms with Gasteiger partial charge in [-0.3, -0.25) is 4.79 Å². The summed E-state index contributed by atoms with van der Waals surface area (Å²) in [6.45, 7) is 1.40. The lowest BCUT2D eigenvalue weighted by Crippen LogP contribution is -2.34. The molecule has 2 N–H and O–H groups in total. The molecule has 1 aliphatic heterocycles. The highest BCUT2D eigenvalue weighted by Gasteiger charge is 2.29. The molecule has 1 unspecified atom stereocenters. The zero-order chi connectivity index (χ0) is 14.2. The Hall–Kier alpha value is -1.14. The predicted molar refractivity (Wildman–Crippen MR) is 76.5 cm³/mol. The van der Waals surface area contributed by atoms with Crippen LogP contribution in [0.25, 0.3) is 0 Å². The summed E-state index contributed by atoms with van der Waals surface area (Å²) in [4.78, 5) is 16.3. The Balaban J connectivity index is 2.19. The summed E-state index contributed by atoms with van der Waals surface area (Å²) in [6.07, 6.45) is 0.951. The van der Waals surface area contributed by atoms with E-state index >= 15 is 0 Å². The van der Waals surface area contributed by atoms with Gasteiger partial charge >= 0.3 is 0 Å². The first-order valence-corrected chi connectivity index (χ1v) is 6.89. The van der Waals surface area contributed by atoms with E-state index in [-0.39, 0.29) is 11.6 Å². The van der Waals surface area contributed by atoms with Crippen LogP contribution in [-0.2, 0) is 0 Å². The molecule has 0 bridgehead atoms. The van der Waals surface area contributed by atoms with Gasteiger partial charge < -0.3 is 15.5 Å². The number of hydrogen-bond acceptors (Lipinski definition) is 3. The summed E-state index contributed by atoms with van der Waals surface area (Å²) in [7, 11) is 4.01. The minimum absolute atomic E-state index is 0.00472. The molecule has 1 saturated heterocycles. The fourth-order valence-electron chi connectivity index (χ4n) is 2.25. The van der Waals surface area contributed by atoms with Crippen LogP contribution >= 0.6 is 15.9 Å². The van der Waals surface area contributed by atoms with Gasteiger partial charge in [0.2, 0.25) is 0 Å². The van der Waals surface area contributed by atoms with Crippen molar-refractivity contribution < 1.29 is 9.18 Å². The average molecular weight is 330 g/mol. The molecular formula is C13H17BrFN3O. The Morgan fingerprint density at radius 2 is 2.21 bits per heavy atom. The summed E-state index contributed by atoms with van der Waals surface area (Å²) in [5.74, 6) is -0.626. The second-order valence-corrected chi connectivity index (χ2v) is 5.87. The number of amides is 1. The van der Waals surface area contributed by atoms with E-state index in [4.69, 9.17) is 5.73 Å². The third-order valence-electron chi connectivity index (χ3n) is 3.50. The number of nitrogens with zero attached hydrogens (tertiary/aromatic N) is 2. The van der Waals surface area contributed by atoms with Crippen LogP contribution in [0.3, 0.4) is 0 Å². The molecule has 0 saturated carbocycles. The molecule has 0 radical (unpaired) electrons. The van der Waals surface area contributed by atoms with Crippen molar-refractivity contribution in [2.24, 2.45) is 0 Å². The van der Waals surface area contributed by atoms with Gasteiger partial charge in [-0.1, -0.05) is 0 Å². The SMILES string of the molecule is CN(C)C1CCN(C(=O)c2cc(N)c(F)cc2Br)C1. The van der Waals surface area contributed by atoms with Crippen molar-refractivity contribution in [3.05, 3.63) is 28.0 Å². The number of nitrogen functional groups attached to an aromatic ring is 1. The Kier molecular flexibility index (Phi) is 4.10. The number of benzene rings is 1. The third kappa shape index (κ3) is 2.90. The van der Waals surface area contributed by atoms with E-state index in [1.807, 2.05) is 14.1 Å². The number of likely N-dealkylation sites (N-methyl/N-ethyl adjacent to an activating group) is 1. The molecule has 19 heavy (non-hydrogen) atoms. The second kappa shape index (κ2) is 5.46. The molecule has 104 valence electrons. The van der Waals surface area contributed by atoms with Gasteiger partial charge in [-0.15, -0.1) is 0 Å². The molecule has 2 rings (SSSR count). The van der Waals surface area contributed by atoms with E-state index in [9.17, 15) is 9.18 Å². The van der Waals surface area contributed by atoms with Crippen molar-refractivity contribution >= 4 is 27.5 Å². The van der Waals surface area contributed by atoms with Crippen molar-refractivity contribution in [1.82, 2.24) is 9.80 Å². The molecule has 1 atom stereocenters. The number of hydrogen-bond donors (Lipinski definition) is 1. The van der Waals surface area contributed by atoms with E-state index in [2.05, 4.69) is 20.8 Å². The zero-order valence-electron chi connectivity index (χ0n) is 11.0. The van der Waals surface area contributed by atoms with Gasteiger partial charge in [0.05, 0.1) is 11.3 Å². The summed E-state index contributed by atoms with van der Waals surface area (Å²) < 4.78 is 13.7. The van der Waals surface area contributed by atoms with Crippen LogP contribution in [0.4, 0.5) is 10.1 Å². The summed E-state index contributed by atoms with van der Waals surface area (Å²) in [6, 6.07) is 3.01. The van der Waals surface area contributed by atoms with Crippen molar-refractivity contribution in [3.8, 4) is 0 Å². The average Bonchev–Trinajstić information content (AvgIpc) is 2.82. The van der Waals surface area contributed by atoms with E-state index < -0.39 is 5.82 Å². The van der Waals surface area contributed by atoms with Gasteiger partial charge in [-0.05, 0) is 48.6 Å². The number of anilines is 1. The number of rotatable bonds is 2. The highest BCUT2D eigenvalue weighted by Crippen LogP contribution is 2.25. The first-order valence-electron chi connectivity index (χ1n) is 6.10. The van der Waals surface area contributed by atoms with Crippen molar-refractivity contribution in [3.63, 3.8) is 0 Å². The maximum absolute atomic E-state index is 13.3. The van der Waals surface area contributed by atoms with Crippen LogP contribution in [0.5, 0.6) is 0 Å². The van der Waals surface area contributed by atoms with Crippen LogP contribution in [0, 0.1) is 5.82 Å². The number of likely N-dealkylation sites (tertiary alicyclic amines) is 1. The van der Waals surface area contributed by atoms with Gasteiger partial charge in [0.1, 0.15) is 5.82 Å².